The topological polar surface area (TPSA) is 69.6 Å². The number of nitrogens with zero attached hydrogens (tertiary/aromatic N) is 5. The van der Waals surface area contributed by atoms with E-state index in [-0.39, 0.29) is 34.8 Å². The standard InChI is InChI=1S/C26H25F4N5O/c1-5-17(13-12-15(2)3)23-21(32-34-35(23)22-16(4)8-6-11-20(22)27)25-31-24(33-36-25)18-9-7-10-19(14-18)26(28,29)30/h5-7,9-16H,8H2,1-4H3/b13-12-,17-5+. The average molecular weight is 500 g/mol. The monoisotopic (exact) mass is 499 g/mol. The Morgan fingerprint density at radius 1 is 1.25 bits per heavy atom. The predicted molar refractivity (Wildman–Crippen MR) is 129 cm³/mol. The predicted octanol–water partition coefficient (Wildman–Crippen LogP) is 7.36. The maximum Gasteiger partial charge on any atom is 0.416 e. The zero-order chi connectivity index (χ0) is 26.0. The Balaban J connectivity index is 1.85. The highest BCUT2D eigenvalue weighted by Gasteiger charge is 2.31. The summed E-state index contributed by atoms with van der Waals surface area (Å²) in [5.74, 6) is -0.420. The number of hydrogen-bond donors (Lipinski definition) is 0. The molecule has 0 amide bonds. The molecular formula is C26H25F4N5O. The number of benzene rings is 1. The van der Waals surface area contributed by atoms with E-state index in [1.807, 2.05) is 45.9 Å². The van der Waals surface area contributed by atoms with E-state index in [2.05, 4.69) is 20.5 Å². The molecular weight excluding hydrogens is 474 g/mol. The number of allylic oxidation sites excluding steroid dienone is 8. The number of rotatable bonds is 6. The molecule has 0 radical (unpaired) electrons. The second kappa shape index (κ2) is 10.0. The molecule has 36 heavy (non-hydrogen) atoms. The molecule has 1 aliphatic rings. The van der Waals surface area contributed by atoms with Crippen LogP contribution in [-0.2, 0) is 6.18 Å². The smallest absolute Gasteiger partial charge is 0.332 e. The van der Waals surface area contributed by atoms with Gasteiger partial charge in [-0.15, -0.1) is 5.10 Å². The number of aromatic nitrogens is 5. The maximum atomic E-state index is 14.9. The second-order valence-electron chi connectivity index (χ2n) is 8.82. The Hall–Kier alpha value is -3.82. The van der Waals surface area contributed by atoms with Crippen LogP contribution in [0.2, 0.25) is 0 Å². The lowest BCUT2D eigenvalue weighted by Gasteiger charge is -2.20. The van der Waals surface area contributed by atoms with E-state index >= 15 is 0 Å². The third-order valence-electron chi connectivity index (χ3n) is 5.69. The van der Waals surface area contributed by atoms with Crippen molar-refractivity contribution in [2.24, 2.45) is 11.8 Å². The van der Waals surface area contributed by atoms with Gasteiger partial charge in [0, 0.05) is 11.5 Å². The summed E-state index contributed by atoms with van der Waals surface area (Å²) in [6.45, 7) is 7.77. The molecule has 0 saturated carbocycles. The van der Waals surface area contributed by atoms with E-state index in [0.29, 0.717) is 23.4 Å². The van der Waals surface area contributed by atoms with Crippen LogP contribution in [0, 0.1) is 11.8 Å². The number of alkyl halides is 3. The van der Waals surface area contributed by atoms with Crippen LogP contribution in [0.5, 0.6) is 0 Å². The molecule has 0 fully saturated rings. The highest BCUT2D eigenvalue weighted by Crippen LogP contribution is 2.36. The van der Waals surface area contributed by atoms with E-state index in [9.17, 15) is 17.6 Å². The molecule has 6 nitrogen and oxygen atoms in total. The Morgan fingerprint density at radius 3 is 2.69 bits per heavy atom. The summed E-state index contributed by atoms with van der Waals surface area (Å²) in [5.41, 5.74) is 1.00. The summed E-state index contributed by atoms with van der Waals surface area (Å²) in [5, 5.41) is 12.3. The van der Waals surface area contributed by atoms with Crippen molar-refractivity contribution in [3.63, 3.8) is 0 Å². The van der Waals surface area contributed by atoms with Gasteiger partial charge in [-0.05, 0) is 43.0 Å². The van der Waals surface area contributed by atoms with Crippen molar-refractivity contribution in [1.29, 1.82) is 0 Å². The Labute approximate surface area is 205 Å². The van der Waals surface area contributed by atoms with Crippen LogP contribution < -0.4 is 0 Å². The van der Waals surface area contributed by atoms with Gasteiger partial charge in [-0.3, -0.25) is 0 Å². The van der Waals surface area contributed by atoms with Crippen molar-refractivity contribution in [3.05, 3.63) is 71.7 Å². The highest BCUT2D eigenvalue weighted by atomic mass is 19.4. The molecule has 188 valence electrons. The van der Waals surface area contributed by atoms with Gasteiger partial charge in [0.25, 0.3) is 5.89 Å². The van der Waals surface area contributed by atoms with Gasteiger partial charge < -0.3 is 4.52 Å². The van der Waals surface area contributed by atoms with Crippen molar-refractivity contribution in [2.75, 3.05) is 0 Å². The van der Waals surface area contributed by atoms with Gasteiger partial charge in [0.2, 0.25) is 5.82 Å². The van der Waals surface area contributed by atoms with E-state index in [0.717, 1.165) is 12.1 Å². The van der Waals surface area contributed by atoms with Crippen molar-refractivity contribution in [3.8, 4) is 23.0 Å². The van der Waals surface area contributed by atoms with Crippen molar-refractivity contribution in [2.45, 2.75) is 40.3 Å². The molecule has 10 heteroatoms. The SMILES string of the molecule is C/C=C(\C=C/C(C)C)c1c(-c2nc(-c3cccc(C(F)(F)F)c3)no2)nnn1C1=C(F)C=CCC1C. The fourth-order valence-corrected chi connectivity index (χ4v) is 3.85. The van der Waals surface area contributed by atoms with Crippen LogP contribution >= 0.6 is 0 Å². The molecule has 4 rings (SSSR count). The summed E-state index contributed by atoms with van der Waals surface area (Å²) in [6.07, 6.45) is 4.98. The van der Waals surface area contributed by atoms with Gasteiger partial charge in [0.1, 0.15) is 11.5 Å². The summed E-state index contributed by atoms with van der Waals surface area (Å²) < 4.78 is 61.3. The van der Waals surface area contributed by atoms with Crippen LogP contribution in [0.1, 0.15) is 45.4 Å². The lowest BCUT2D eigenvalue weighted by molar-refractivity contribution is -0.137. The molecule has 1 atom stereocenters. The van der Waals surface area contributed by atoms with Crippen LogP contribution in [-0.4, -0.2) is 25.1 Å². The van der Waals surface area contributed by atoms with Gasteiger partial charge in [0.15, 0.2) is 5.69 Å². The fourth-order valence-electron chi connectivity index (χ4n) is 3.85. The Kier molecular flexibility index (Phi) is 7.05. The first-order valence-corrected chi connectivity index (χ1v) is 11.5. The minimum Gasteiger partial charge on any atom is -0.332 e. The minimum absolute atomic E-state index is 0.0317. The van der Waals surface area contributed by atoms with Crippen molar-refractivity contribution in [1.82, 2.24) is 25.1 Å². The van der Waals surface area contributed by atoms with E-state index in [4.69, 9.17) is 4.52 Å². The van der Waals surface area contributed by atoms with Gasteiger partial charge >= 0.3 is 6.18 Å². The normalized spacial score (nSPS) is 17.1. The zero-order valence-corrected chi connectivity index (χ0v) is 20.2. The summed E-state index contributed by atoms with van der Waals surface area (Å²) in [6, 6.07) is 4.65. The van der Waals surface area contributed by atoms with Crippen LogP contribution in [0.3, 0.4) is 0 Å². The largest absolute Gasteiger partial charge is 0.416 e. The third-order valence-corrected chi connectivity index (χ3v) is 5.69. The quantitative estimate of drug-likeness (QED) is 0.262. The van der Waals surface area contributed by atoms with E-state index < -0.39 is 17.6 Å². The molecule has 0 spiro atoms. The minimum atomic E-state index is -4.51. The van der Waals surface area contributed by atoms with E-state index in [1.165, 1.54) is 22.9 Å². The van der Waals surface area contributed by atoms with Gasteiger partial charge in [-0.1, -0.05) is 67.6 Å². The molecule has 3 aromatic rings. The first-order valence-electron chi connectivity index (χ1n) is 11.5. The highest BCUT2D eigenvalue weighted by molar-refractivity contribution is 5.82. The average Bonchev–Trinajstić information content (AvgIpc) is 3.47. The lowest BCUT2D eigenvalue weighted by Crippen LogP contribution is -2.14. The van der Waals surface area contributed by atoms with Crippen molar-refractivity contribution < 1.29 is 22.1 Å². The fraction of sp³-hybridized carbons (Fsp3) is 0.308. The zero-order valence-electron chi connectivity index (χ0n) is 20.2. The van der Waals surface area contributed by atoms with E-state index in [1.54, 1.807) is 6.08 Å². The molecule has 0 saturated heterocycles. The summed E-state index contributed by atoms with van der Waals surface area (Å²) in [7, 11) is 0. The van der Waals surface area contributed by atoms with Gasteiger partial charge in [-0.25, -0.2) is 9.07 Å². The summed E-state index contributed by atoms with van der Waals surface area (Å²) >= 11 is 0. The molecule has 1 aromatic carbocycles. The third kappa shape index (κ3) is 5.07. The van der Waals surface area contributed by atoms with Crippen LogP contribution in [0.25, 0.3) is 34.2 Å². The number of halogens is 4. The van der Waals surface area contributed by atoms with Gasteiger partial charge in [0.05, 0.1) is 11.3 Å². The van der Waals surface area contributed by atoms with Crippen molar-refractivity contribution >= 4 is 11.3 Å². The summed E-state index contributed by atoms with van der Waals surface area (Å²) in [4.78, 5) is 4.31. The molecule has 0 aliphatic heterocycles. The maximum absolute atomic E-state index is 14.9. The Bertz CT molecular complexity index is 1370. The van der Waals surface area contributed by atoms with Gasteiger partial charge in [-0.2, -0.15) is 18.2 Å². The van der Waals surface area contributed by atoms with Crippen LogP contribution in [0.4, 0.5) is 17.6 Å². The van der Waals surface area contributed by atoms with Crippen LogP contribution in [0.15, 0.2) is 65.0 Å². The second-order valence-corrected chi connectivity index (χ2v) is 8.82. The Morgan fingerprint density at radius 2 is 2.03 bits per heavy atom. The molecule has 0 bridgehead atoms. The first kappa shape index (κ1) is 25.3. The number of hydrogen-bond acceptors (Lipinski definition) is 5. The molecule has 2 aromatic heterocycles. The lowest BCUT2D eigenvalue weighted by atomic mass is 9.97. The molecule has 2 heterocycles. The molecule has 1 unspecified atom stereocenters. The molecule has 1 aliphatic carbocycles. The molecule has 0 N–H and O–H groups in total. The first-order chi connectivity index (χ1) is 17.1.